The molecular weight excluding hydrogens is 395 g/mol. The van der Waals surface area contributed by atoms with Crippen LogP contribution in [0.5, 0.6) is 11.5 Å². The number of ether oxygens (including phenoxy) is 2. The molecule has 0 aliphatic rings. The van der Waals surface area contributed by atoms with Gasteiger partial charge in [0.1, 0.15) is 12.4 Å². The average molecular weight is 416 g/mol. The minimum Gasteiger partial charge on any atom is -0.493 e. The lowest BCUT2D eigenvalue weighted by molar-refractivity contribution is 0.284. The molecule has 0 spiro atoms. The molecule has 156 valence electrons. The van der Waals surface area contributed by atoms with E-state index in [0.29, 0.717) is 22.1 Å². The van der Waals surface area contributed by atoms with Crippen LogP contribution in [0.25, 0.3) is 18.3 Å². The Hall–Kier alpha value is -4.06. The summed E-state index contributed by atoms with van der Waals surface area (Å²) in [7, 11) is 1.55. The molecule has 1 N–H and O–H groups in total. The number of benzene rings is 3. The Bertz CT molecular complexity index is 1360. The summed E-state index contributed by atoms with van der Waals surface area (Å²) in [6, 6.07) is 20.8. The second-order valence-corrected chi connectivity index (χ2v) is 6.95. The highest BCUT2D eigenvalue weighted by Crippen LogP contribution is 2.29. The molecule has 0 unspecified atom stereocenters. The van der Waals surface area contributed by atoms with Crippen molar-refractivity contribution in [3.63, 3.8) is 0 Å². The van der Waals surface area contributed by atoms with Gasteiger partial charge in [0.2, 0.25) is 0 Å². The van der Waals surface area contributed by atoms with Crippen LogP contribution < -0.4 is 25.6 Å². The van der Waals surface area contributed by atoms with Crippen LogP contribution in [0.2, 0.25) is 0 Å². The second kappa shape index (κ2) is 8.75. The Morgan fingerprint density at radius 1 is 1.03 bits per heavy atom. The number of aromatic amines is 1. The highest BCUT2D eigenvalue weighted by atomic mass is 19.1. The molecule has 4 rings (SSSR count). The van der Waals surface area contributed by atoms with Crippen LogP contribution in [0.4, 0.5) is 4.39 Å². The van der Waals surface area contributed by atoms with E-state index in [-0.39, 0.29) is 18.0 Å². The van der Waals surface area contributed by atoms with Crippen molar-refractivity contribution in [2.45, 2.75) is 6.61 Å². The molecule has 1 heterocycles. The maximum atomic E-state index is 13.1. The first-order valence-electron chi connectivity index (χ1n) is 9.67. The first-order chi connectivity index (χ1) is 15.0. The molecule has 0 aliphatic heterocycles. The van der Waals surface area contributed by atoms with Gasteiger partial charge in [-0.1, -0.05) is 43.0 Å². The highest BCUT2D eigenvalue weighted by molar-refractivity contribution is 5.56. The van der Waals surface area contributed by atoms with Crippen molar-refractivity contribution in [2.75, 3.05) is 7.11 Å². The molecule has 0 radical (unpaired) electrons. The quantitative estimate of drug-likeness (QED) is 0.526. The van der Waals surface area contributed by atoms with Gasteiger partial charge < -0.3 is 9.47 Å². The number of hydrogen-bond acceptors (Lipinski definition) is 3. The van der Waals surface area contributed by atoms with Crippen LogP contribution >= 0.6 is 0 Å². The molecule has 31 heavy (non-hydrogen) atoms. The maximum Gasteiger partial charge on any atom is 0.279 e. The lowest BCUT2D eigenvalue weighted by atomic mass is 10.1. The van der Waals surface area contributed by atoms with Crippen LogP contribution in [-0.2, 0) is 6.61 Å². The van der Waals surface area contributed by atoms with Crippen LogP contribution in [0, 0.1) is 5.82 Å². The van der Waals surface area contributed by atoms with Crippen LogP contribution in [0.3, 0.4) is 0 Å². The third-order valence-electron chi connectivity index (χ3n) is 4.83. The lowest BCUT2D eigenvalue weighted by Gasteiger charge is -2.11. The van der Waals surface area contributed by atoms with Crippen molar-refractivity contribution >= 4 is 12.7 Å². The van der Waals surface area contributed by atoms with E-state index in [4.69, 9.17) is 9.47 Å². The molecule has 1 aromatic heterocycles. The summed E-state index contributed by atoms with van der Waals surface area (Å²) in [4.78, 5) is 12.9. The first kappa shape index (κ1) is 20.2. The van der Waals surface area contributed by atoms with E-state index in [2.05, 4.69) is 11.7 Å². The fraction of sp³-hybridized carbons (Fsp3) is 0.0800. The number of aromatic nitrogens is 2. The molecule has 0 atom stereocenters. The molecule has 0 saturated carbocycles. The fourth-order valence-electron chi connectivity index (χ4n) is 3.20. The Morgan fingerprint density at radius 2 is 1.77 bits per heavy atom. The van der Waals surface area contributed by atoms with E-state index in [1.165, 1.54) is 16.8 Å². The zero-order valence-electron chi connectivity index (χ0n) is 17.0. The number of nitrogens with zero attached hydrogens (tertiary/aromatic N) is 1. The number of methoxy groups -OCH3 is 1. The standard InChI is InChI=1S/C25H21FN2O3/c1-17-22(25(29)28(27-17)21-6-4-3-5-7-21)14-19-10-13-23(24(15-19)30-2)31-16-18-8-11-20(26)12-9-18/h3-15,27H,1,16H2,2H3/b22-14-. The topological polar surface area (TPSA) is 56.2 Å². The third kappa shape index (κ3) is 4.43. The van der Waals surface area contributed by atoms with Crippen molar-refractivity contribution in [3.8, 4) is 17.2 Å². The number of H-pyrrole nitrogens is 1. The van der Waals surface area contributed by atoms with Crippen LogP contribution in [0.15, 0.2) is 77.6 Å². The van der Waals surface area contributed by atoms with Crippen LogP contribution in [-0.4, -0.2) is 16.9 Å². The number of para-hydroxylation sites is 1. The Kier molecular flexibility index (Phi) is 5.71. The number of rotatable bonds is 6. The maximum absolute atomic E-state index is 13.1. The second-order valence-electron chi connectivity index (χ2n) is 6.95. The number of hydrogen-bond donors (Lipinski definition) is 1. The fourth-order valence-corrected chi connectivity index (χ4v) is 3.20. The average Bonchev–Trinajstić information content (AvgIpc) is 3.08. The zero-order chi connectivity index (χ0) is 21.8. The van der Waals surface area contributed by atoms with E-state index in [1.54, 1.807) is 37.5 Å². The van der Waals surface area contributed by atoms with Crippen molar-refractivity contribution in [3.05, 3.63) is 111 Å². The summed E-state index contributed by atoms with van der Waals surface area (Å²) in [6.45, 7) is 4.24. The molecule has 3 aromatic carbocycles. The number of nitrogens with one attached hydrogen (secondary N) is 1. The molecule has 0 aliphatic carbocycles. The largest absolute Gasteiger partial charge is 0.493 e. The van der Waals surface area contributed by atoms with Gasteiger partial charge in [-0.05, 0) is 53.6 Å². The summed E-state index contributed by atoms with van der Waals surface area (Å²) in [6.07, 6.45) is 1.76. The lowest BCUT2D eigenvalue weighted by Crippen LogP contribution is -2.33. The molecule has 0 bridgehead atoms. The van der Waals surface area contributed by atoms with Gasteiger partial charge in [0, 0.05) is 0 Å². The molecule has 4 aromatic rings. The molecule has 0 fully saturated rings. The highest BCUT2D eigenvalue weighted by Gasteiger charge is 2.08. The van der Waals surface area contributed by atoms with Gasteiger partial charge in [0.25, 0.3) is 5.56 Å². The summed E-state index contributed by atoms with van der Waals surface area (Å²) < 4.78 is 25.8. The summed E-state index contributed by atoms with van der Waals surface area (Å²) in [5.74, 6) is 0.789. The van der Waals surface area contributed by atoms with Gasteiger partial charge in [-0.15, -0.1) is 0 Å². The molecule has 0 saturated heterocycles. The third-order valence-corrected chi connectivity index (χ3v) is 4.83. The summed E-state index contributed by atoms with van der Waals surface area (Å²) in [5, 5.41) is 3.99. The normalized spacial score (nSPS) is 11.5. The van der Waals surface area contributed by atoms with Gasteiger partial charge in [0.05, 0.1) is 23.4 Å². The predicted octanol–water partition coefficient (Wildman–Crippen LogP) is 3.13. The van der Waals surface area contributed by atoms with Crippen molar-refractivity contribution in [2.24, 2.45) is 0 Å². The van der Waals surface area contributed by atoms with Crippen LogP contribution in [0.1, 0.15) is 11.1 Å². The van der Waals surface area contributed by atoms with Crippen molar-refractivity contribution < 1.29 is 13.9 Å². The molecular formula is C25H21FN2O3. The minimum absolute atomic E-state index is 0.188. The van der Waals surface area contributed by atoms with Gasteiger partial charge in [-0.2, -0.15) is 0 Å². The van der Waals surface area contributed by atoms with Gasteiger partial charge >= 0.3 is 0 Å². The zero-order valence-corrected chi connectivity index (χ0v) is 17.0. The van der Waals surface area contributed by atoms with E-state index >= 15 is 0 Å². The van der Waals surface area contributed by atoms with E-state index < -0.39 is 0 Å². The summed E-state index contributed by atoms with van der Waals surface area (Å²) in [5.41, 5.74) is 2.16. The Labute approximate surface area is 178 Å². The van der Waals surface area contributed by atoms with Crippen molar-refractivity contribution in [1.29, 1.82) is 0 Å². The number of halogens is 1. The van der Waals surface area contributed by atoms with Crippen molar-refractivity contribution in [1.82, 2.24) is 9.78 Å². The molecule has 6 heteroatoms. The monoisotopic (exact) mass is 416 g/mol. The SMILES string of the molecule is C=c1[nH]n(-c2ccccc2)c(=O)/c1=C\c1ccc(OCc2ccc(F)cc2)c(OC)c1. The van der Waals surface area contributed by atoms with Gasteiger partial charge in [0.15, 0.2) is 11.5 Å². The van der Waals surface area contributed by atoms with Gasteiger partial charge in [-0.25, -0.2) is 9.07 Å². The Morgan fingerprint density at radius 3 is 2.48 bits per heavy atom. The smallest absolute Gasteiger partial charge is 0.279 e. The molecule has 0 amide bonds. The minimum atomic E-state index is -0.290. The van der Waals surface area contributed by atoms with E-state index in [0.717, 1.165) is 16.8 Å². The molecule has 5 nitrogen and oxygen atoms in total. The van der Waals surface area contributed by atoms with E-state index in [9.17, 15) is 9.18 Å². The first-order valence-corrected chi connectivity index (χ1v) is 9.67. The van der Waals surface area contributed by atoms with E-state index in [1.807, 2.05) is 36.4 Å². The summed E-state index contributed by atoms with van der Waals surface area (Å²) >= 11 is 0. The Balaban J connectivity index is 1.63. The predicted molar refractivity (Wildman–Crippen MR) is 118 cm³/mol. The van der Waals surface area contributed by atoms with Gasteiger partial charge in [-0.3, -0.25) is 9.89 Å².